The summed E-state index contributed by atoms with van der Waals surface area (Å²) in [4.78, 5) is 15.0. The average molecular weight is 268 g/mol. The summed E-state index contributed by atoms with van der Waals surface area (Å²) in [6.07, 6.45) is 1.35. The minimum atomic E-state index is -1.13. The number of nitrogens with one attached hydrogen (secondary N) is 1. The molecule has 0 fully saturated rings. The van der Waals surface area contributed by atoms with Crippen molar-refractivity contribution in [2.45, 2.75) is 6.92 Å². The molecule has 20 heavy (non-hydrogen) atoms. The molecule has 0 aliphatic heterocycles. The number of hydrogen-bond donors (Lipinski definition) is 3. The van der Waals surface area contributed by atoms with E-state index in [1.165, 1.54) is 12.3 Å². The predicted molar refractivity (Wildman–Crippen MR) is 74.8 cm³/mol. The Morgan fingerprint density at radius 2 is 2.20 bits per heavy atom. The van der Waals surface area contributed by atoms with E-state index >= 15 is 0 Å². The van der Waals surface area contributed by atoms with Crippen molar-refractivity contribution in [1.29, 1.82) is 5.26 Å². The van der Waals surface area contributed by atoms with Crippen LogP contribution in [0, 0.1) is 18.3 Å². The number of nitrogen functional groups attached to an aromatic ring is 1. The van der Waals surface area contributed by atoms with Gasteiger partial charge in [-0.05, 0) is 24.6 Å². The molecular weight excluding hydrogens is 256 g/mol. The summed E-state index contributed by atoms with van der Waals surface area (Å²) in [5, 5.41) is 21.1. The first kappa shape index (κ1) is 13.4. The van der Waals surface area contributed by atoms with Crippen molar-refractivity contribution in [2.24, 2.45) is 0 Å². The van der Waals surface area contributed by atoms with Gasteiger partial charge in [0, 0.05) is 6.20 Å². The van der Waals surface area contributed by atoms with E-state index in [9.17, 15) is 4.79 Å². The molecule has 0 saturated carbocycles. The second-order valence-corrected chi connectivity index (χ2v) is 4.16. The molecule has 0 radical (unpaired) electrons. The Hall–Kier alpha value is -3.07. The smallest absolute Gasteiger partial charge is 0.337 e. The number of pyridine rings is 1. The van der Waals surface area contributed by atoms with Gasteiger partial charge in [-0.3, -0.25) is 0 Å². The van der Waals surface area contributed by atoms with Crippen LogP contribution in [0.15, 0.2) is 30.5 Å². The third-order valence-corrected chi connectivity index (χ3v) is 2.86. The molecule has 1 heterocycles. The van der Waals surface area contributed by atoms with Crippen LogP contribution >= 0.6 is 0 Å². The van der Waals surface area contributed by atoms with Gasteiger partial charge in [-0.1, -0.05) is 12.1 Å². The number of hydrogen-bond acceptors (Lipinski definition) is 5. The summed E-state index contributed by atoms with van der Waals surface area (Å²) >= 11 is 0. The number of benzene rings is 1. The van der Waals surface area contributed by atoms with Gasteiger partial charge in [0.25, 0.3) is 0 Å². The lowest BCUT2D eigenvalue weighted by molar-refractivity contribution is 0.0698. The number of nitrogens with zero attached hydrogens (tertiary/aromatic N) is 2. The predicted octanol–water partition coefficient (Wildman–Crippen LogP) is 2.29. The Bertz CT molecular complexity index is 720. The first-order chi connectivity index (χ1) is 9.54. The maximum atomic E-state index is 11.0. The molecule has 0 aliphatic rings. The van der Waals surface area contributed by atoms with Gasteiger partial charge >= 0.3 is 5.97 Å². The van der Waals surface area contributed by atoms with E-state index in [0.29, 0.717) is 11.3 Å². The molecule has 6 nitrogen and oxygen atoms in total. The van der Waals surface area contributed by atoms with Gasteiger partial charge in [-0.25, -0.2) is 9.78 Å². The molecule has 2 rings (SSSR count). The zero-order chi connectivity index (χ0) is 14.7. The summed E-state index contributed by atoms with van der Waals surface area (Å²) in [6.45, 7) is 1.81. The van der Waals surface area contributed by atoms with Crippen LogP contribution in [0.4, 0.5) is 17.2 Å². The number of carboxylic acid groups (broad SMARTS) is 1. The molecule has 0 unspecified atom stereocenters. The lowest BCUT2D eigenvalue weighted by atomic mass is 10.1. The third-order valence-electron chi connectivity index (χ3n) is 2.86. The largest absolute Gasteiger partial charge is 0.478 e. The molecule has 0 amide bonds. The number of nitrogens with two attached hydrogens (primary N) is 1. The number of anilines is 3. The molecule has 0 spiro atoms. The van der Waals surface area contributed by atoms with E-state index in [4.69, 9.17) is 16.1 Å². The maximum Gasteiger partial charge on any atom is 0.337 e. The van der Waals surface area contributed by atoms with Gasteiger partial charge < -0.3 is 16.2 Å². The molecule has 1 aromatic heterocycles. The standard InChI is InChI=1S/C14H12N4O2/c1-8-3-2-4-11(10(8)7-15)18-13-12(16)9(14(19)20)5-6-17-13/h2-6H,16H2,1H3,(H,17,18)(H,19,20). The van der Waals surface area contributed by atoms with E-state index < -0.39 is 5.97 Å². The van der Waals surface area contributed by atoms with Gasteiger partial charge in [0.2, 0.25) is 0 Å². The van der Waals surface area contributed by atoms with Crippen LogP contribution in [0.2, 0.25) is 0 Å². The van der Waals surface area contributed by atoms with Crippen molar-refractivity contribution >= 4 is 23.2 Å². The Kier molecular flexibility index (Phi) is 3.53. The summed E-state index contributed by atoms with van der Waals surface area (Å²) in [7, 11) is 0. The van der Waals surface area contributed by atoms with Gasteiger partial charge in [-0.2, -0.15) is 5.26 Å². The normalized spacial score (nSPS) is 9.80. The first-order valence-electron chi connectivity index (χ1n) is 5.79. The third kappa shape index (κ3) is 2.37. The summed E-state index contributed by atoms with van der Waals surface area (Å²) < 4.78 is 0. The minimum absolute atomic E-state index is 0.0328. The molecule has 0 saturated heterocycles. The second kappa shape index (κ2) is 5.28. The van der Waals surface area contributed by atoms with Crippen LogP contribution in [0.1, 0.15) is 21.5 Å². The highest BCUT2D eigenvalue weighted by molar-refractivity contribution is 5.96. The zero-order valence-electron chi connectivity index (χ0n) is 10.7. The quantitative estimate of drug-likeness (QED) is 0.787. The molecule has 2 aromatic rings. The molecule has 100 valence electrons. The average Bonchev–Trinajstić information content (AvgIpc) is 2.41. The summed E-state index contributed by atoms with van der Waals surface area (Å²) in [5.74, 6) is -0.912. The van der Waals surface area contributed by atoms with E-state index in [1.807, 2.05) is 13.0 Å². The Balaban J connectivity index is 2.47. The first-order valence-corrected chi connectivity index (χ1v) is 5.79. The van der Waals surface area contributed by atoms with Gasteiger partial charge in [-0.15, -0.1) is 0 Å². The van der Waals surface area contributed by atoms with Crippen molar-refractivity contribution < 1.29 is 9.90 Å². The fraction of sp³-hybridized carbons (Fsp3) is 0.0714. The number of carbonyl (C=O) groups is 1. The zero-order valence-corrected chi connectivity index (χ0v) is 10.7. The molecular formula is C14H12N4O2. The fourth-order valence-electron chi connectivity index (χ4n) is 1.81. The molecule has 6 heteroatoms. The van der Waals surface area contributed by atoms with Crippen LogP contribution in [0.3, 0.4) is 0 Å². The lowest BCUT2D eigenvalue weighted by Gasteiger charge is -2.12. The number of aromatic nitrogens is 1. The number of carboxylic acids is 1. The van der Waals surface area contributed by atoms with E-state index in [-0.39, 0.29) is 17.1 Å². The van der Waals surface area contributed by atoms with E-state index in [1.54, 1.807) is 12.1 Å². The SMILES string of the molecule is Cc1cccc(Nc2nccc(C(=O)O)c2N)c1C#N. The summed E-state index contributed by atoms with van der Waals surface area (Å²) in [6, 6.07) is 8.73. The molecule has 1 aromatic carbocycles. The Labute approximate surface area is 115 Å². The Morgan fingerprint density at radius 3 is 2.85 bits per heavy atom. The van der Waals surface area contributed by atoms with Gasteiger partial charge in [0.05, 0.1) is 22.5 Å². The molecule has 0 aliphatic carbocycles. The summed E-state index contributed by atoms with van der Waals surface area (Å²) in [5.41, 5.74) is 7.59. The van der Waals surface area contributed by atoms with Crippen molar-refractivity contribution in [2.75, 3.05) is 11.1 Å². The number of rotatable bonds is 3. The van der Waals surface area contributed by atoms with Crippen molar-refractivity contribution in [3.05, 3.63) is 47.2 Å². The van der Waals surface area contributed by atoms with E-state index in [0.717, 1.165) is 5.56 Å². The number of nitriles is 1. The Morgan fingerprint density at radius 1 is 1.45 bits per heavy atom. The van der Waals surface area contributed by atoms with Crippen molar-refractivity contribution in [3.8, 4) is 6.07 Å². The van der Waals surface area contributed by atoms with Gasteiger partial charge in [0.1, 0.15) is 6.07 Å². The van der Waals surface area contributed by atoms with Crippen molar-refractivity contribution in [1.82, 2.24) is 4.98 Å². The molecule has 4 N–H and O–H groups in total. The topological polar surface area (TPSA) is 112 Å². The van der Waals surface area contributed by atoms with Crippen LogP contribution in [-0.2, 0) is 0 Å². The highest BCUT2D eigenvalue weighted by Gasteiger charge is 2.13. The molecule has 0 bridgehead atoms. The van der Waals surface area contributed by atoms with Crippen molar-refractivity contribution in [3.63, 3.8) is 0 Å². The van der Waals surface area contributed by atoms with Gasteiger partial charge in [0.15, 0.2) is 5.82 Å². The highest BCUT2D eigenvalue weighted by atomic mass is 16.4. The van der Waals surface area contributed by atoms with Crippen LogP contribution in [0.25, 0.3) is 0 Å². The maximum absolute atomic E-state index is 11.0. The second-order valence-electron chi connectivity index (χ2n) is 4.16. The monoisotopic (exact) mass is 268 g/mol. The highest BCUT2D eigenvalue weighted by Crippen LogP contribution is 2.27. The van der Waals surface area contributed by atoms with Crippen LogP contribution < -0.4 is 11.1 Å². The molecule has 0 atom stereocenters. The lowest BCUT2D eigenvalue weighted by Crippen LogP contribution is -2.07. The fourth-order valence-corrected chi connectivity index (χ4v) is 1.81. The number of aryl methyl sites for hydroxylation is 1. The minimum Gasteiger partial charge on any atom is -0.478 e. The van der Waals surface area contributed by atoms with Crippen LogP contribution in [0.5, 0.6) is 0 Å². The van der Waals surface area contributed by atoms with Crippen LogP contribution in [-0.4, -0.2) is 16.1 Å². The van der Waals surface area contributed by atoms with E-state index in [2.05, 4.69) is 16.4 Å². The number of aromatic carboxylic acids is 1.